The molecule has 3 rings (SSSR count). The van der Waals surface area contributed by atoms with Gasteiger partial charge >= 0.3 is 5.97 Å². The summed E-state index contributed by atoms with van der Waals surface area (Å²) in [5.74, 6) is -1.57. The number of carboxylic acid groups (broad SMARTS) is 1. The fraction of sp³-hybridized carbons (Fsp3) is 0.333. The van der Waals surface area contributed by atoms with E-state index in [9.17, 15) is 9.59 Å². The van der Waals surface area contributed by atoms with Crippen LogP contribution >= 0.6 is 0 Å². The van der Waals surface area contributed by atoms with Crippen LogP contribution in [0.5, 0.6) is 0 Å². The van der Waals surface area contributed by atoms with Gasteiger partial charge in [-0.05, 0) is 37.5 Å². The Labute approximate surface area is 121 Å². The molecule has 0 bridgehead atoms. The molecule has 1 aliphatic carbocycles. The predicted molar refractivity (Wildman–Crippen MR) is 76.6 cm³/mol. The number of nitrogens with zero attached hydrogens (tertiary/aromatic N) is 2. The highest BCUT2D eigenvalue weighted by molar-refractivity contribution is 5.95. The summed E-state index contributed by atoms with van der Waals surface area (Å²) in [6.45, 7) is 0. The standard InChI is InChI=1S/C15H15N3O3/c19-14(9-1-2-10(7-9)15(20)21)18-11-3-4-12-13(8-11)17-6-5-16-12/h3-6,8-10H,1-2,7H2,(H,18,19)(H,20,21). The molecule has 1 aliphatic rings. The molecule has 1 amide bonds. The van der Waals surface area contributed by atoms with Crippen LogP contribution in [0, 0.1) is 11.8 Å². The zero-order chi connectivity index (χ0) is 14.8. The minimum absolute atomic E-state index is 0.123. The molecular weight excluding hydrogens is 270 g/mol. The van der Waals surface area contributed by atoms with Crippen molar-refractivity contribution in [3.8, 4) is 0 Å². The highest BCUT2D eigenvalue weighted by Crippen LogP contribution is 2.32. The summed E-state index contributed by atoms with van der Waals surface area (Å²) in [6.07, 6.45) is 4.81. The Morgan fingerprint density at radius 3 is 2.52 bits per heavy atom. The number of amides is 1. The van der Waals surface area contributed by atoms with Gasteiger partial charge in [-0.3, -0.25) is 19.6 Å². The first-order valence-corrected chi connectivity index (χ1v) is 6.88. The van der Waals surface area contributed by atoms with E-state index >= 15 is 0 Å². The molecule has 0 spiro atoms. The Morgan fingerprint density at radius 1 is 1.10 bits per heavy atom. The zero-order valence-electron chi connectivity index (χ0n) is 11.3. The Bertz CT molecular complexity index is 701. The van der Waals surface area contributed by atoms with Crippen LogP contribution < -0.4 is 5.32 Å². The maximum atomic E-state index is 12.2. The molecule has 0 aliphatic heterocycles. The van der Waals surface area contributed by atoms with Gasteiger partial charge in [0.15, 0.2) is 0 Å². The summed E-state index contributed by atoms with van der Waals surface area (Å²) in [7, 11) is 0. The third-order valence-corrected chi connectivity index (χ3v) is 3.89. The molecule has 6 nitrogen and oxygen atoms in total. The summed E-state index contributed by atoms with van der Waals surface area (Å²) in [4.78, 5) is 31.5. The van der Waals surface area contributed by atoms with Gasteiger partial charge in [-0.25, -0.2) is 0 Å². The van der Waals surface area contributed by atoms with Crippen molar-refractivity contribution in [2.75, 3.05) is 5.32 Å². The summed E-state index contributed by atoms with van der Waals surface area (Å²) >= 11 is 0. The summed E-state index contributed by atoms with van der Waals surface area (Å²) in [5, 5.41) is 11.8. The molecule has 1 saturated carbocycles. The average molecular weight is 285 g/mol. The Hall–Kier alpha value is -2.50. The topological polar surface area (TPSA) is 92.2 Å². The van der Waals surface area contributed by atoms with Gasteiger partial charge < -0.3 is 10.4 Å². The van der Waals surface area contributed by atoms with E-state index in [1.807, 2.05) is 0 Å². The van der Waals surface area contributed by atoms with E-state index in [2.05, 4.69) is 15.3 Å². The highest BCUT2D eigenvalue weighted by Gasteiger charge is 2.33. The van der Waals surface area contributed by atoms with Gasteiger partial charge in [0.25, 0.3) is 0 Å². The van der Waals surface area contributed by atoms with Gasteiger partial charge in [0, 0.05) is 24.0 Å². The highest BCUT2D eigenvalue weighted by atomic mass is 16.4. The van der Waals surface area contributed by atoms with Crippen LogP contribution in [0.15, 0.2) is 30.6 Å². The van der Waals surface area contributed by atoms with Gasteiger partial charge in [0.1, 0.15) is 0 Å². The maximum absolute atomic E-state index is 12.2. The average Bonchev–Trinajstić information content (AvgIpc) is 2.97. The number of fused-ring (bicyclic) bond motifs is 1. The molecule has 1 heterocycles. The van der Waals surface area contributed by atoms with Crippen molar-refractivity contribution in [2.24, 2.45) is 11.8 Å². The zero-order valence-corrected chi connectivity index (χ0v) is 11.3. The molecule has 1 fully saturated rings. The fourth-order valence-electron chi connectivity index (χ4n) is 2.73. The van der Waals surface area contributed by atoms with Gasteiger partial charge in [0.2, 0.25) is 5.91 Å². The van der Waals surface area contributed by atoms with Gasteiger partial charge in [-0.2, -0.15) is 0 Å². The second kappa shape index (κ2) is 5.47. The van der Waals surface area contributed by atoms with E-state index in [0.29, 0.717) is 30.5 Å². The number of hydrogen-bond acceptors (Lipinski definition) is 4. The third-order valence-electron chi connectivity index (χ3n) is 3.89. The maximum Gasteiger partial charge on any atom is 0.306 e. The second-order valence-corrected chi connectivity index (χ2v) is 5.29. The predicted octanol–water partition coefficient (Wildman–Crippen LogP) is 2.07. The Kier molecular flexibility index (Phi) is 3.51. The Balaban J connectivity index is 1.70. The second-order valence-electron chi connectivity index (χ2n) is 5.29. The van der Waals surface area contributed by atoms with E-state index < -0.39 is 11.9 Å². The van der Waals surface area contributed by atoms with E-state index in [1.165, 1.54) is 0 Å². The van der Waals surface area contributed by atoms with E-state index in [4.69, 9.17) is 5.11 Å². The van der Waals surface area contributed by atoms with Gasteiger partial charge in [-0.15, -0.1) is 0 Å². The molecule has 2 aromatic rings. The number of anilines is 1. The van der Waals surface area contributed by atoms with Crippen LogP contribution in [0.1, 0.15) is 19.3 Å². The number of carboxylic acids is 1. The van der Waals surface area contributed by atoms with Crippen LogP contribution in [0.2, 0.25) is 0 Å². The molecule has 108 valence electrons. The summed E-state index contributed by atoms with van der Waals surface area (Å²) < 4.78 is 0. The lowest BCUT2D eigenvalue weighted by Crippen LogP contribution is -2.21. The van der Waals surface area contributed by atoms with E-state index in [-0.39, 0.29) is 11.8 Å². The number of benzene rings is 1. The minimum Gasteiger partial charge on any atom is -0.481 e. The van der Waals surface area contributed by atoms with Crippen molar-refractivity contribution in [2.45, 2.75) is 19.3 Å². The molecule has 1 aromatic heterocycles. The van der Waals surface area contributed by atoms with Crippen LogP contribution in [0.4, 0.5) is 5.69 Å². The first kappa shape index (κ1) is 13.5. The molecule has 21 heavy (non-hydrogen) atoms. The number of carbonyl (C=O) groups is 2. The molecule has 0 saturated heterocycles. The number of rotatable bonds is 3. The number of carbonyl (C=O) groups excluding carboxylic acids is 1. The number of aromatic nitrogens is 2. The lowest BCUT2D eigenvalue weighted by molar-refractivity contribution is -0.141. The van der Waals surface area contributed by atoms with Gasteiger partial charge in [-0.1, -0.05) is 0 Å². The van der Waals surface area contributed by atoms with Gasteiger partial charge in [0.05, 0.1) is 17.0 Å². The Morgan fingerprint density at radius 2 is 1.81 bits per heavy atom. The van der Waals surface area contributed by atoms with Crippen molar-refractivity contribution >= 4 is 28.6 Å². The summed E-state index contributed by atoms with van der Waals surface area (Å²) in [5.41, 5.74) is 2.14. The van der Waals surface area contributed by atoms with Crippen LogP contribution in [0.3, 0.4) is 0 Å². The lowest BCUT2D eigenvalue weighted by Gasteiger charge is -2.11. The molecule has 2 N–H and O–H groups in total. The summed E-state index contributed by atoms with van der Waals surface area (Å²) in [6, 6.07) is 5.34. The minimum atomic E-state index is -0.814. The van der Waals surface area contributed by atoms with Crippen LogP contribution in [0.25, 0.3) is 11.0 Å². The smallest absolute Gasteiger partial charge is 0.306 e. The SMILES string of the molecule is O=C(O)C1CCC(C(=O)Nc2ccc3nccnc3c2)C1. The molecule has 1 aromatic carbocycles. The molecular formula is C15H15N3O3. The normalized spacial score (nSPS) is 21.3. The van der Waals surface area contributed by atoms with Crippen molar-refractivity contribution < 1.29 is 14.7 Å². The van der Waals surface area contributed by atoms with Crippen LogP contribution in [-0.2, 0) is 9.59 Å². The van der Waals surface area contributed by atoms with Crippen molar-refractivity contribution in [1.29, 1.82) is 0 Å². The number of nitrogens with one attached hydrogen (secondary N) is 1. The number of hydrogen-bond donors (Lipinski definition) is 2. The van der Waals surface area contributed by atoms with Crippen molar-refractivity contribution in [1.82, 2.24) is 9.97 Å². The molecule has 0 radical (unpaired) electrons. The fourth-order valence-corrected chi connectivity index (χ4v) is 2.73. The number of aliphatic carboxylic acids is 1. The van der Waals surface area contributed by atoms with Crippen molar-refractivity contribution in [3.63, 3.8) is 0 Å². The first-order valence-electron chi connectivity index (χ1n) is 6.88. The lowest BCUT2D eigenvalue weighted by atomic mass is 10.0. The molecule has 6 heteroatoms. The first-order chi connectivity index (χ1) is 10.1. The third kappa shape index (κ3) is 2.84. The van der Waals surface area contributed by atoms with E-state index in [1.54, 1.807) is 30.6 Å². The quantitative estimate of drug-likeness (QED) is 0.900. The van der Waals surface area contributed by atoms with Crippen LogP contribution in [-0.4, -0.2) is 27.0 Å². The van der Waals surface area contributed by atoms with E-state index in [0.717, 1.165) is 5.52 Å². The molecule has 2 unspecified atom stereocenters. The monoisotopic (exact) mass is 285 g/mol. The van der Waals surface area contributed by atoms with Crippen molar-refractivity contribution in [3.05, 3.63) is 30.6 Å². The molecule has 2 atom stereocenters. The largest absolute Gasteiger partial charge is 0.481 e.